The fourth-order valence-corrected chi connectivity index (χ4v) is 3.84. The first-order chi connectivity index (χ1) is 13.1. The van der Waals surface area contributed by atoms with Crippen LogP contribution in [0, 0.1) is 11.7 Å². The largest absolute Gasteiger partial charge is 0.368 e. The molecule has 0 aromatic heterocycles. The molecule has 6 heteroatoms. The Bertz CT molecular complexity index is 842. The molecule has 2 aliphatic rings. The normalized spacial score (nSPS) is 22.9. The highest BCUT2D eigenvalue weighted by molar-refractivity contribution is 5.95. The number of rotatable bonds is 2. The van der Waals surface area contributed by atoms with Gasteiger partial charge >= 0.3 is 0 Å². The van der Waals surface area contributed by atoms with Gasteiger partial charge in [-0.3, -0.25) is 9.59 Å². The van der Waals surface area contributed by atoms with E-state index in [4.69, 9.17) is 4.74 Å². The molecule has 0 unspecified atom stereocenters. The molecular weight excluding hydrogens is 347 g/mol. The standard InChI is InChI=1S/C21H21FN2O3/c22-17-6-4-5-15(11-17)21(26)23-10-9-19-16(12-23)13-24(20(25)14-27-19)18-7-2-1-3-8-18/h1-8,11,16,19H,9-10,12-14H2/t16-,19+/m1/s1. The van der Waals surface area contributed by atoms with E-state index in [0.717, 1.165) is 5.69 Å². The van der Waals surface area contributed by atoms with Crippen molar-refractivity contribution in [1.82, 2.24) is 4.90 Å². The van der Waals surface area contributed by atoms with Crippen LogP contribution in [0.25, 0.3) is 0 Å². The van der Waals surface area contributed by atoms with Crippen LogP contribution in [0.5, 0.6) is 0 Å². The van der Waals surface area contributed by atoms with Crippen molar-refractivity contribution in [2.45, 2.75) is 12.5 Å². The number of likely N-dealkylation sites (tertiary alicyclic amines) is 1. The summed E-state index contributed by atoms with van der Waals surface area (Å²) in [6.07, 6.45) is 0.612. The van der Waals surface area contributed by atoms with E-state index in [0.29, 0.717) is 31.6 Å². The van der Waals surface area contributed by atoms with Crippen LogP contribution in [-0.2, 0) is 9.53 Å². The van der Waals surface area contributed by atoms with Crippen molar-refractivity contribution in [2.75, 3.05) is 31.1 Å². The summed E-state index contributed by atoms with van der Waals surface area (Å²) in [4.78, 5) is 28.7. The van der Waals surface area contributed by atoms with Gasteiger partial charge in [-0.1, -0.05) is 24.3 Å². The van der Waals surface area contributed by atoms with Crippen molar-refractivity contribution in [1.29, 1.82) is 0 Å². The van der Waals surface area contributed by atoms with E-state index in [9.17, 15) is 14.0 Å². The molecule has 2 atom stereocenters. The highest BCUT2D eigenvalue weighted by Gasteiger charge is 2.37. The maximum atomic E-state index is 13.5. The summed E-state index contributed by atoms with van der Waals surface area (Å²) in [5, 5.41) is 0. The molecule has 140 valence electrons. The number of ether oxygens (including phenoxy) is 1. The third-order valence-corrected chi connectivity index (χ3v) is 5.23. The zero-order valence-corrected chi connectivity index (χ0v) is 14.9. The minimum absolute atomic E-state index is 0.0166. The summed E-state index contributed by atoms with van der Waals surface area (Å²) in [6.45, 7) is 1.57. The fraction of sp³-hybridized carbons (Fsp3) is 0.333. The number of anilines is 1. The second-order valence-electron chi connectivity index (χ2n) is 7.00. The summed E-state index contributed by atoms with van der Waals surface area (Å²) in [5.74, 6) is -0.661. The molecule has 0 aliphatic carbocycles. The molecule has 0 bridgehead atoms. The molecule has 2 aromatic rings. The number of hydrogen-bond acceptors (Lipinski definition) is 3. The Kier molecular flexibility index (Phi) is 4.90. The number of para-hydroxylation sites is 1. The van der Waals surface area contributed by atoms with Crippen LogP contribution in [0.3, 0.4) is 0 Å². The van der Waals surface area contributed by atoms with Gasteiger partial charge in [0, 0.05) is 36.8 Å². The Morgan fingerprint density at radius 1 is 1.07 bits per heavy atom. The van der Waals surface area contributed by atoms with Crippen molar-refractivity contribution in [3.05, 3.63) is 66.0 Å². The summed E-state index contributed by atoms with van der Waals surface area (Å²) >= 11 is 0. The second-order valence-corrected chi connectivity index (χ2v) is 7.00. The molecule has 2 aliphatic heterocycles. The highest BCUT2D eigenvalue weighted by atomic mass is 19.1. The van der Waals surface area contributed by atoms with Crippen LogP contribution in [0.4, 0.5) is 10.1 Å². The molecule has 2 amide bonds. The molecule has 2 fully saturated rings. The van der Waals surface area contributed by atoms with Crippen molar-refractivity contribution >= 4 is 17.5 Å². The minimum Gasteiger partial charge on any atom is -0.368 e. The van der Waals surface area contributed by atoms with Crippen molar-refractivity contribution in [3.63, 3.8) is 0 Å². The predicted molar refractivity (Wildman–Crippen MR) is 98.9 cm³/mol. The van der Waals surface area contributed by atoms with Crippen LogP contribution in [0.15, 0.2) is 54.6 Å². The molecule has 4 rings (SSSR count). The van der Waals surface area contributed by atoms with E-state index >= 15 is 0 Å². The maximum Gasteiger partial charge on any atom is 0.253 e. The minimum atomic E-state index is -0.422. The number of hydrogen-bond donors (Lipinski definition) is 0. The Hall–Kier alpha value is -2.73. The van der Waals surface area contributed by atoms with Crippen molar-refractivity contribution < 1.29 is 18.7 Å². The van der Waals surface area contributed by atoms with Crippen LogP contribution in [0.2, 0.25) is 0 Å². The monoisotopic (exact) mass is 368 g/mol. The van der Waals surface area contributed by atoms with Gasteiger partial charge in [0.25, 0.3) is 11.8 Å². The van der Waals surface area contributed by atoms with Gasteiger partial charge in [0.15, 0.2) is 0 Å². The predicted octanol–water partition coefficient (Wildman–Crippen LogP) is 2.72. The summed E-state index contributed by atoms with van der Waals surface area (Å²) < 4.78 is 19.3. The first-order valence-electron chi connectivity index (χ1n) is 9.13. The van der Waals surface area contributed by atoms with Gasteiger partial charge < -0.3 is 14.5 Å². The molecule has 0 spiro atoms. The Morgan fingerprint density at radius 2 is 1.89 bits per heavy atom. The maximum absolute atomic E-state index is 13.5. The van der Waals surface area contributed by atoms with Crippen LogP contribution in [-0.4, -0.2) is 49.1 Å². The molecular formula is C21H21FN2O3. The van der Waals surface area contributed by atoms with E-state index in [1.165, 1.54) is 12.1 Å². The molecule has 0 N–H and O–H groups in total. The summed E-state index contributed by atoms with van der Waals surface area (Å²) in [6, 6.07) is 15.3. The van der Waals surface area contributed by atoms with Gasteiger partial charge in [0.1, 0.15) is 12.4 Å². The zero-order chi connectivity index (χ0) is 18.8. The average molecular weight is 368 g/mol. The number of piperidine rings is 1. The number of amides is 2. The fourth-order valence-electron chi connectivity index (χ4n) is 3.84. The summed E-state index contributed by atoms with van der Waals surface area (Å²) in [5.41, 5.74) is 1.18. The van der Waals surface area contributed by atoms with E-state index in [1.54, 1.807) is 21.9 Å². The highest BCUT2D eigenvalue weighted by Crippen LogP contribution is 2.28. The SMILES string of the molecule is O=C(c1cccc(F)c1)N1CC[C@@H]2OCC(=O)N(c3ccccc3)C[C@H]2C1. The van der Waals surface area contributed by atoms with E-state index < -0.39 is 5.82 Å². The quantitative estimate of drug-likeness (QED) is 0.819. The van der Waals surface area contributed by atoms with Crippen LogP contribution in [0.1, 0.15) is 16.8 Å². The third kappa shape index (κ3) is 3.71. The number of nitrogens with zero attached hydrogens (tertiary/aromatic N) is 2. The first-order valence-corrected chi connectivity index (χ1v) is 9.13. The Labute approximate surface area is 157 Å². The van der Waals surface area contributed by atoms with Gasteiger partial charge in [0.05, 0.1) is 6.10 Å². The zero-order valence-electron chi connectivity index (χ0n) is 14.9. The molecule has 0 saturated carbocycles. The van der Waals surface area contributed by atoms with Crippen LogP contribution >= 0.6 is 0 Å². The lowest BCUT2D eigenvalue weighted by atomic mass is 9.93. The van der Waals surface area contributed by atoms with Gasteiger partial charge in [-0.05, 0) is 36.8 Å². The van der Waals surface area contributed by atoms with Gasteiger partial charge in [0.2, 0.25) is 0 Å². The van der Waals surface area contributed by atoms with E-state index in [-0.39, 0.29) is 30.4 Å². The Morgan fingerprint density at radius 3 is 2.67 bits per heavy atom. The van der Waals surface area contributed by atoms with E-state index in [2.05, 4.69) is 0 Å². The topological polar surface area (TPSA) is 49.9 Å². The Balaban J connectivity index is 1.53. The second kappa shape index (κ2) is 7.48. The number of fused-ring (bicyclic) bond motifs is 1. The number of carbonyl (C=O) groups excluding carboxylic acids is 2. The lowest BCUT2D eigenvalue weighted by Gasteiger charge is -2.38. The number of carbonyl (C=O) groups is 2. The van der Waals surface area contributed by atoms with Gasteiger partial charge in [-0.15, -0.1) is 0 Å². The first kappa shape index (κ1) is 17.7. The molecule has 5 nitrogen and oxygen atoms in total. The number of benzene rings is 2. The molecule has 27 heavy (non-hydrogen) atoms. The number of halogens is 1. The van der Waals surface area contributed by atoms with Crippen molar-refractivity contribution in [2.24, 2.45) is 5.92 Å². The lowest BCUT2D eigenvalue weighted by Crippen LogP contribution is -2.49. The van der Waals surface area contributed by atoms with E-state index in [1.807, 2.05) is 30.3 Å². The average Bonchev–Trinajstić information content (AvgIpc) is 2.86. The van der Waals surface area contributed by atoms with Gasteiger partial charge in [-0.2, -0.15) is 0 Å². The molecule has 2 heterocycles. The molecule has 0 radical (unpaired) electrons. The van der Waals surface area contributed by atoms with Crippen LogP contribution < -0.4 is 4.90 Å². The molecule has 2 aromatic carbocycles. The lowest BCUT2D eigenvalue weighted by molar-refractivity contribution is -0.124. The smallest absolute Gasteiger partial charge is 0.253 e. The van der Waals surface area contributed by atoms with Crippen molar-refractivity contribution in [3.8, 4) is 0 Å². The summed E-state index contributed by atoms with van der Waals surface area (Å²) in [7, 11) is 0. The van der Waals surface area contributed by atoms with Gasteiger partial charge in [-0.25, -0.2) is 4.39 Å². The third-order valence-electron chi connectivity index (χ3n) is 5.23. The molecule has 2 saturated heterocycles.